The van der Waals surface area contributed by atoms with Crippen molar-refractivity contribution in [2.45, 2.75) is 38.8 Å². The molecule has 4 nitrogen and oxygen atoms in total. The lowest BCUT2D eigenvalue weighted by Gasteiger charge is -2.21. The maximum atomic E-state index is 10.6. The Bertz CT molecular complexity index is 441. The summed E-state index contributed by atoms with van der Waals surface area (Å²) >= 11 is 0. The highest BCUT2D eigenvalue weighted by atomic mass is 16.4. The molecule has 2 rings (SSSR count). The van der Waals surface area contributed by atoms with Gasteiger partial charge >= 0.3 is 5.97 Å². The fourth-order valence-corrected chi connectivity index (χ4v) is 2.13. The fourth-order valence-electron chi connectivity index (χ4n) is 2.13. The minimum absolute atomic E-state index is 0.156. The normalized spacial score (nSPS) is 15.0. The van der Waals surface area contributed by atoms with E-state index in [2.05, 4.69) is 4.90 Å². The number of phenolic OH excluding ortho intramolecular Hbond substituents is 1. The van der Waals surface area contributed by atoms with Crippen molar-refractivity contribution in [1.29, 1.82) is 0 Å². The molecule has 1 saturated carbocycles. The smallest absolute Gasteiger partial charge is 0.304 e. The van der Waals surface area contributed by atoms with Gasteiger partial charge in [0, 0.05) is 24.7 Å². The zero-order valence-electron chi connectivity index (χ0n) is 10.6. The molecule has 0 unspecified atom stereocenters. The highest BCUT2D eigenvalue weighted by Gasteiger charge is 2.29. The molecule has 1 fully saturated rings. The Hall–Kier alpha value is -1.55. The quantitative estimate of drug-likeness (QED) is 0.811. The first-order valence-electron chi connectivity index (χ1n) is 6.30. The Morgan fingerprint density at radius 2 is 2.17 bits per heavy atom. The van der Waals surface area contributed by atoms with Crippen LogP contribution in [0.2, 0.25) is 0 Å². The molecular weight excluding hydrogens is 230 g/mol. The molecule has 0 bridgehead atoms. The molecule has 4 heteroatoms. The zero-order valence-corrected chi connectivity index (χ0v) is 10.6. The summed E-state index contributed by atoms with van der Waals surface area (Å²) in [6.45, 7) is 3.17. The van der Waals surface area contributed by atoms with Crippen molar-refractivity contribution in [3.8, 4) is 5.75 Å². The average molecular weight is 249 g/mol. The minimum atomic E-state index is -0.769. The molecule has 0 atom stereocenters. The Labute approximate surface area is 107 Å². The van der Waals surface area contributed by atoms with Crippen molar-refractivity contribution in [2.75, 3.05) is 6.54 Å². The molecule has 0 amide bonds. The van der Waals surface area contributed by atoms with E-state index in [1.807, 2.05) is 19.1 Å². The molecule has 2 N–H and O–H groups in total. The number of carboxylic acid groups (broad SMARTS) is 1. The van der Waals surface area contributed by atoms with Crippen LogP contribution >= 0.6 is 0 Å². The van der Waals surface area contributed by atoms with Gasteiger partial charge in [0.15, 0.2) is 0 Å². The SMILES string of the molecule is Cc1ccc(O)c(CN(CCC(=O)O)C2CC2)c1. The Morgan fingerprint density at radius 1 is 1.44 bits per heavy atom. The standard InChI is InChI=1S/C14H19NO3/c1-10-2-5-13(16)11(8-10)9-15(12-3-4-12)7-6-14(17)18/h2,5,8,12,16H,3-4,6-7,9H2,1H3,(H,17,18). The van der Waals surface area contributed by atoms with E-state index in [4.69, 9.17) is 5.11 Å². The second-order valence-electron chi connectivity index (χ2n) is 4.98. The summed E-state index contributed by atoms with van der Waals surface area (Å²) in [5.74, 6) is -0.476. The van der Waals surface area contributed by atoms with Crippen LogP contribution in [0.25, 0.3) is 0 Å². The average Bonchev–Trinajstić information content (AvgIpc) is 3.12. The molecule has 1 aromatic carbocycles. The van der Waals surface area contributed by atoms with E-state index in [0.29, 0.717) is 24.9 Å². The van der Waals surface area contributed by atoms with Crippen molar-refractivity contribution in [3.63, 3.8) is 0 Å². The molecule has 1 aliphatic rings. The molecule has 18 heavy (non-hydrogen) atoms. The van der Waals surface area contributed by atoms with E-state index < -0.39 is 5.97 Å². The number of rotatable bonds is 6. The number of carboxylic acids is 1. The van der Waals surface area contributed by atoms with Crippen LogP contribution in [-0.2, 0) is 11.3 Å². The Morgan fingerprint density at radius 3 is 2.78 bits per heavy atom. The maximum absolute atomic E-state index is 10.6. The highest BCUT2D eigenvalue weighted by molar-refractivity contribution is 5.66. The van der Waals surface area contributed by atoms with Crippen LogP contribution in [0.15, 0.2) is 18.2 Å². The van der Waals surface area contributed by atoms with Gasteiger partial charge in [-0.15, -0.1) is 0 Å². The molecule has 1 aliphatic carbocycles. The van der Waals surface area contributed by atoms with Crippen LogP contribution in [0.1, 0.15) is 30.4 Å². The number of aryl methyl sites for hydroxylation is 1. The van der Waals surface area contributed by atoms with E-state index in [0.717, 1.165) is 24.0 Å². The van der Waals surface area contributed by atoms with E-state index in [1.54, 1.807) is 6.07 Å². The van der Waals surface area contributed by atoms with Gasteiger partial charge in [0.1, 0.15) is 5.75 Å². The zero-order chi connectivity index (χ0) is 13.1. The Balaban J connectivity index is 2.03. The lowest BCUT2D eigenvalue weighted by Crippen LogP contribution is -2.28. The molecule has 0 aromatic heterocycles. The topological polar surface area (TPSA) is 60.8 Å². The van der Waals surface area contributed by atoms with Crippen LogP contribution < -0.4 is 0 Å². The van der Waals surface area contributed by atoms with E-state index in [9.17, 15) is 9.90 Å². The molecule has 0 saturated heterocycles. The van der Waals surface area contributed by atoms with Gasteiger partial charge in [-0.25, -0.2) is 0 Å². The Kier molecular flexibility index (Phi) is 3.87. The minimum Gasteiger partial charge on any atom is -0.508 e. The van der Waals surface area contributed by atoms with Gasteiger partial charge < -0.3 is 10.2 Å². The molecule has 0 aliphatic heterocycles. The third kappa shape index (κ3) is 3.47. The molecule has 0 radical (unpaired) electrons. The summed E-state index contributed by atoms with van der Waals surface area (Å²) in [5.41, 5.74) is 1.99. The number of hydrogen-bond acceptors (Lipinski definition) is 3. The third-order valence-electron chi connectivity index (χ3n) is 3.28. The van der Waals surface area contributed by atoms with Gasteiger partial charge in [0.2, 0.25) is 0 Å². The number of phenols is 1. The largest absolute Gasteiger partial charge is 0.508 e. The first-order valence-corrected chi connectivity index (χ1v) is 6.30. The lowest BCUT2D eigenvalue weighted by atomic mass is 10.1. The molecule has 98 valence electrons. The van der Waals surface area contributed by atoms with Crippen LogP contribution in [0.4, 0.5) is 0 Å². The summed E-state index contributed by atoms with van der Waals surface area (Å²) in [6, 6.07) is 6.03. The second kappa shape index (κ2) is 5.40. The molecular formula is C14H19NO3. The first-order chi connectivity index (χ1) is 8.56. The summed E-state index contributed by atoms with van der Waals surface area (Å²) in [7, 11) is 0. The number of nitrogens with zero attached hydrogens (tertiary/aromatic N) is 1. The molecule has 1 aromatic rings. The van der Waals surface area contributed by atoms with Crippen LogP contribution in [0.3, 0.4) is 0 Å². The molecule has 0 heterocycles. The number of aromatic hydroxyl groups is 1. The maximum Gasteiger partial charge on any atom is 0.304 e. The van der Waals surface area contributed by atoms with Crippen molar-refractivity contribution >= 4 is 5.97 Å². The van der Waals surface area contributed by atoms with Gasteiger partial charge in [-0.1, -0.05) is 17.7 Å². The van der Waals surface area contributed by atoms with Crippen LogP contribution in [0.5, 0.6) is 5.75 Å². The highest BCUT2D eigenvalue weighted by Crippen LogP contribution is 2.30. The second-order valence-corrected chi connectivity index (χ2v) is 4.98. The van der Waals surface area contributed by atoms with E-state index >= 15 is 0 Å². The van der Waals surface area contributed by atoms with Crippen molar-refractivity contribution in [2.24, 2.45) is 0 Å². The number of benzene rings is 1. The van der Waals surface area contributed by atoms with Gasteiger partial charge in [-0.2, -0.15) is 0 Å². The van der Waals surface area contributed by atoms with Gasteiger partial charge in [-0.3, -0.25) is 9.69 Å². The third-order valence-corrected chi connectivity index (χ3v) is 3.28. The van der Waals surface area contributed by atoms with E-state index in [-0.39, 0.29) is 6.42 Å². The number of aliphatic carboxylic acids is 1. The number of hydrogen-bond donors (Lipinski definition) is 2. The summed E-state index contributed by atoms with van der Waals surface area (Å²) in [6.07, 6.45) is 2.42. The molecule has 0 spiro atoms. The summed E-state index contributed by atoms with van der Waals surface area (Å²) in [5, 5.41) is 18.6. The van der Waals surface area contributed by atoms with Crippen molar-refractivity contribution < 1.29 is 15.0 Å². The predicted molar refractivity (Wildman–Crippen MR) is 68.5 cm³/mol. The first kappa shape index (κ1) is 12.9. The van der Waals surface area contributed by atoms with Crippen molar-refractivity contribution in [3.05, 3.63) is 29.3 Å². The van der Waals surface area contributed by atoms with E-state index in [1.165, 1.54) is 0 Å². The summed E-state index contributed by atoms with van der Waals surface area (Å²) < 4.78 is 0. The van der Waals surface area contributed by atoms with Gasteiger partial charge in [0.25, 0.3) is 0 Å². The number of carbonyl (C=O) groups is 1. The summed E-state index contributed by atoms with van der Waals surface area (Å²) in [4.78, 5) is 12.8. The van der Waals surface area contributed by atoms with Gasteiger partial charge in [-0.05, 0) is 25.8 Å². The van der Waals surface area contributed by atoms with Crippen molar-refractivity contribution in [1.82, 2.24) is 4.90 Å². The monoisotopic (exact) mass is 249 g/mol. The van der Waals surface area contributed by atoms with Gasteiger partial charge in [0.05, 0.1) is 6.42 Å². The predicted octanol–water partition coefficient (Wildman–Crippen LogP) is 2.14. The fraction of sp³-hybridized carbons (Fsp3) is 0.500. The lowest BCUT2D eigenvalue weighted by molar-refractivity contribution is -0.137. The van der Waals surface area contributed by atoms with Crippen LogP contribution in [-0.4, -0.2) is 33.7 Å². The van der Waals surface area contributed by atoms with Crippen LogP contribution in [0, 0.1) is 6.92 Å².